The molecular weight excluding hydrogens is 372 g/mol. The second-order valence-electron chi connectivity index (χ2n) is 6.74. The van der Waals surface area contributed by atoms with Crippen molar-refractivity contribution in [1.29, 1.82) is 0 Å². The van der Waals surface area contributed by atoms with Gasteiger partial charge < -0.3 is 14.6 Å². The third-order valence-electron chi connectivity index (χ3n) is 4.76. The molecule has 1 aliphatic heterocycles. The molecule has 0 saturated carbocycles. The predicted octanol–water partition coefficient (Wildman–Crippen LogP) is 5.85. The maximum Gasteiger partial charge on any atom is 0.248 e. The Hall–Kier alpha value is -2.98. The Morgan fingerprint density at radius 3 is 2.54 bits per heavy atom. The molecule has 1 N–H and O–H groups in total. The van der Waals surface area contributed by atoms with Crippen LogP contribution in [0.4, 0.5) is 11.4 Å². The maximum absolute atomic E-state index is 12.4. The molecule has 1 amide bonds. The van der Waals surface area contributed by atoms with Gasteiger partial charge in [0.2, 0.25) is 5.91 Å². The normalized spacial score (nSPS) is 14.0. The van der Waals surface area contributed by atoms with E-state index >= 15 is 0 Å². The quantitative estimate of drug-likeness (QED) is 0.554. The van der Waals surface area contributed by atoms with Gasteiger partial charge in [-0.3, -0.25) is 4.79 Å². The highest BCUT2D eigenvalue weighted by Crippen LogP contribution is 2.29. The fraction of sp³-hybridized carbons (Fsp3) is 0.174. The van der Waals surface area contributed by atoms with Gasteiger partial charge in [0.05, 0.1) is 11.4 Å². The highest BCUT2D eigenvalue weighted by molar-refractivity contribution is 6.30. The summed E-state index contributed by atoms with van der Waals surface area (Å²) in [6, 6.07) is 19.1. The van der Waals surface area contributed by atoms with Crippen molar-refractivity contribution in [3.8, 4) is 11.3 Å². The third-order valence-corrected chi connectivity index (χ3v) is 5.02. The lowest BCUT2D eigenvalue weighted by atomic mass is 10.2. The average Bonchev–Trinajstić information content (AvgIpc) is 3.40. The van der Waals surface area contributed by atoms with E-state index in [9.17, 15) is 4.79 Å². The number of furan rings is 1. The number of carbonyl (C=O) groups excluding carboxylic acids is 1. The van der Waals surface area contributed by atoms with Crippen molar-refractivity contribution in [2.24, 2.45) is 0 Å². The lowest BCUT2D eigenvalue weighted by molar-refractivity contribution is -0.111. The molecule has 0 spiro atoms. The van der Waals surface area contributed by atoms with Crippen LogP contribution in [0.15, 0.2) is 71.2 Å². The fourth-order valence-corrected chi connectivity index (χ4v) is 3.48. The van der Waals surface area contributed by atoms with Gasteiger partial charge in [0.25, 0.3) is 0 Å². The first-order chi connectivity index (χ1) is 13.7. The zero-order valence-corrected chi connectivity index (χ0v) is 16.2. The fourth-order valence-electron chi connectivity index (χ4n) is 3.36. The summed E-state index contributed by atoms with van der Waals surface area (Å²) in [5.74, 6) is 1.17. The molecule has 0 unspecified atom stereocenters. The summed E-state index contributed by atoms with van der Waals surface area (Å²) in [4.78, 5) is 14.7. The van der Waals surface area contributed by atoms with Gasteiger partial charge in [-0.2, -0.15) is 0 Å². The second kappa shape index (κ2) is 8.36. The van der Waals surface area contributed by atoms with E-state index in [1.165, 1.54) is 18.9 Å². The number of halogens is 1. The Bertz CT molecular complexity index is 986. The molecule has 142 valence electrons. The van der Waals surface area contributed by atoms with Crippen LogP contribution in [0.25, 0.3) is 17.4 Å². The molecule has 0 radical (unpaired) electrons. The van der Waals surface area contributed by atoms with Crippen LogP contribution >= 0.6 is 11.6 Å². The summed E-state index contributed by atoms with van der Waals surface area (Å²) in [7, 11) is 0. The minimum atomic E-state index is -0.184. The number of para-hydroxylation sites is 2. The Balaban J connectivity index is 1.43. The molecule has 4 nitrogen and oxygen atoms in total. The van der Waals surface area contributed by atoms with Crippen LogP contribution in [0, 0.1) is 0 Å². The van der Waals surface area contributed by atoms with Crippen molar-refractivity contribution in [2.75, 3.05) is 23.3 Å². The van der Waals surface area contributed by atoms with Crippen molar-refractivity contribution in [3.63, 3.8) is 0 Å². The van der Waals surface area contributed by atoms with Gasteiger partial charge >= 0.3 is 0 Å². The number of benzene rings is 2. The molecule has 1 saturated heterocycles. The number of nitrogens with zero attached hydrogens (tertiary/aromatic N) is 1. The van der Waals surface area contributed by atoms with Gasteiger partial charge in [0.15, 0.2) is 0 Å². The van der Waals surface area contributed by atoms with Gasteiger partial charge in [0, 0.05) is 29.8 Å². The number of hydrogen-bond donors (Lipinski definition) is 1. The Kier molecular flexibility index (Phi) is 5.49. The molecule has 1 aliphatic rings. The number of rotatable bonds is 5. The first-order valence-corrected chi connectivity index (χ1v) is 9.76. The zero-order chi connectivity index (χ0) is 19.3. The maximum atomic E-state index is 12.4. The van der Waals surface area contributed by atoms with Crippen LogP contribution in [0.5, 0.6) is 0 Å². The SMILES string of the molecule is O=C(C=Cc1ccc(-c2ccc(Cl)cc2)o1)Nc1ccccc1N1CCCC1. The summed E-state index contributed by atoms with van der Waals surface area (Å²) in [5, 5.41) is 3.66. The van der Waals surface area contributed by atoms with E-state index in [-0.39, 0.29) is 5.91 Å². The van der Waals surface area contributed by atoms with E-state index < -0.39 is 0 Å². The van der Waals surface area contributed by atoms with Crippen molar-refractivity contribution in [3.05, 3.63) is 77.5 Å². The van der Waals surface area contributed by atoms with Gasteiger partial charge in [-0.25, -0.2) is 0 Å². The topological polar surface area (TPSA) is 45.5 Å². The zero-order valence-electron chi connectivity index (χ0n) is 15.4. The van der Waals surface area contributed by atoms with Crippen molar-refractivity contribution >= 4 is 35.0 Å². The Morgan fingerprint density at radius 2 is 1.75 bits per heavy atom. The summed E-state index contributed by atoms with van der Waals surface area (Å²) in [6.45, 7) is 2.06. The van der Waals surface area contributed by atoms with Crippen LogP contribution in [-0.4, -0.2) is 19.0 Å². The molecular formula is C23H21ClN2O2. The number of hydrogen-bond acceptors (Lipinski definition) is 3. The van der Waals surface area contributed by atoms with Crippen LogP contribution in [0.2, 0.25) is 5.02 Å². The van der Waals surface area contributed by atoms with Crippen LogP contribution in [0.1, 0.15) is 18.6 Å². The molecule has 4 rings (SSSR count). The van der Waals surface area contributed by atoms with Gasteiger partial charge in [0.1, 0.15) is 11.5 Å². The minimum Gasteiger partial charge on any atom is -0.457 e. The highest BCUT2D eigenvalue weighted by Gasteiger charge is 2.16. The van der Waals surface area contributed by atoms with E-state index in [0.717, 1.165) is 35.8 Å². The first-order valence-electron chi connectivity index (χ1n) is 9.38. The van der Waals surface area contributed by atoms with E-state index in [0.29, 0.717) is 10.8 Å². The molecule has 28 heavy (non-hydrogen) atoms. The van der Waals surface area contributed by atoms with Crippen molar-refractivity contribution in [1.82, 2.24) is 0 Å². The lowest BCUT2D eigenvalue weighted by Gasteiger charge is -2.21. The summed E-state index contributed by atoms with van der Waals surface area (Å²) < 4.78 is 5.80. The average molecular weight is 393 g/mol. The van der Waals surface area contributed by atoms with E-state index in [1.807, 2.05) is 54.6 Å². The number of nitrogens with one attached hydrogen (secondary N) is 1. The van der Waals surface area contributed by atoms with Crippen LogP contribution in [0.3, 0.4) is 0 Å². The third kappa shape index (κ3) is 4.29. The van der Waals surface area contributed by atoms with E-state index in [1.54, 1.807) is 6.08 Å². The smallest absolute Gasteiger partial charge is 0.248 e. The van der Waals surface area contributed by atoms with E-state index in [4.69, 9.17) is 16.0 Å². The number of amides is 1. The minimum absolute atomic E-state index is 0.184. The first kappa shape index (κ1) is 18.4. The Labute approximate surface area is 169 Å². The standard InChI is InChI=1S/C23H21ClN2O2/c24-18-9-7-17(8-10-18)22-13-11-19(28-22)12-14-23(27)25-20-5-1-2-6-21(20)26-15-3-4-16-26/h1-2,5-14H,3-4,15-16H2,(H,25,27). The molecule has 0 aliphatic carbocycles. The van der Waals surface area contributed by atoms with Crippen molar-refractivity contribution < 1.29 is 9.21 Å². The summed E-state index contributed by atoms with van der Waals surface area (Å²) in [5.41, 5.74) is 2.85. The predicted molar refractivity (Wildman–Crippen MR) is 115 cm³/mol. The molecule has 2 heterocycles. The molecule has 0 bridgehead atoms. The largest absolute Gasteiger partial charge is 0.457 e. The summed E-state index contributed by atoms with van der Waals surface area (Å²) in [6.07, 6.45) is 5.55. The number of carbonyl (C=O) groups is 1. The molecule has 1 fully saturated rings. The molecule has 2 aromatic carbocycles. The second-order valence-corrected chi connectivity index (χ2v) is 7.18. The highest BCUT2D eigenvalue weighted by atomic mass is 35.5. The monoisotopic (exact) mass is 392 g/mol. The van der Waals surface area contributed by atoms with Crippen LogP contribution < -0.4 is 10.2 Å². The molecule has 1 aromatic heterocycles. The molecule has 5 heteroatoms. The van der Waals surface area contributed by atoms with Gasteiger partial charge in [-0.15, -0.1) is 0 Å². The molecule has 0 atom stereocenters. The Morgan fingerprint density at radius 1 is 1.00 bits per heavy atom. The lowest BCUT2D eigenvalue weighted by Crippen LogP contribution is -2.20. The summed E-state index contributed by atoms with van der Waals surface area (Å²) >= 11 is 5.92. The molecule has 3 aromatic rings. The van der Waals surface area contributed by atoms with Gasteiger partial charge in [-0.1, -0.05) is 23.7 Å². The van der Waals surface area contributed by atoms with Gasteiger partial charge in [-0.05, 0) is 67.4 Å². The number of anilines is 2. The van der Waals surface area contributed by atoms with Crippen LogP contribution in [-0.2, 0) is 4.79 Å². The van der Waals surface area contributed by atoms with Crippen molar-refractivity contribution in [2.45, 2.75) is 12.8 Å². The van der Waals surface area contributed by atoms with E-state index in [2.05, 4.69) is 16.3 Å².